The van der Waals surface area contributed by atoms with Gasteiger partial charge in [0, 0.05) is 12.4 Å². The number of hydrogen-bond acceptors (Lipinski definition) is 6. The zero-order valence-corrected chi connectivity index (χ0v) is 16.0. The van der Waals surface area contributed by atoms with E-state index in [-0.39, 0.29) is 17.4 Å². The molecule has 0 aromatic carbocycles. The van der Waals surface area contributed by atoms with Gasteiger partial charge in [0.05, 0.1) is 23.4 Å². The molecule has 0 spiro atoms. The minimum atomic E-state index is -4.99. The highest BCUT2D eigenvalue weighted by molar-refractivity contribution is 6.30. The zero-order valence-electron chi connectivity index (χ0n) is 15.2. The number of nitrogens with two attached hydrogens (primary N) is 1. The van der Waals surface area contributed by atoms with Gasteiger partial charge in [0.2, 0.25) is 0 Å². The molecule has 0 amide bonds. The summed E-state index contributed by atoms with van der Waals surface area (Å²) in [4.78, 5) is 31.2. The van der Waals surface area contributed by atoms with Gasteiger partial charge >= 0.3 is 18.5 Å². The lowest BCUT2D eigenvalue weighted by molar-refractivity contribution is -0.138. The first-order chi connectivity index (χ1) is 14.3. The monoisotopic (exact) mass is 472 g/mol. The average Bonchev–Trinajstić information content (AvgIpc) is 2.66. The van der Waals surface area contributed by atoms with E-state index in [0.29, 0.717) is 18.3 Å². The number of pyridine rings is 2. The largest absolute Gasteiger partial charge is 0.535 e. The summed E-state index contributed by atoms with van der Waals surface area (Å²) >= 11 is 5.55. The molecule has 0 radical (unpaired) electrons. The third-order valence-corrected chi connectivity index (χ3v) is 3.75. The van der Waals surface area contributed by atoms with E-state index in [4.69, 9.17) is 17.3 Å². The molecule has 0 bridgehead atoms. The van der Waals surface area contributed by atoms with E-state index < -0.39 is 57.4 Å². The maximum Gasteiger partial charge on any atom is 0.535 e. The van der Waals surface area contributed by atoms with Gasteiger partial charge in [-0.25, -0.2) is 4.79 Å². The number of carbonyl (C=O) groups is 1. The van der Waals surface area contributed by atoms with Crippen molar-refractivity contribution < 1.29 is 40.7 Å². The Morgan fingerprint density at radius 2 is 1.81 bits per heavy atom. The van der Waals surface area contributed by atoms with Gasteiger partial charge in [0.25, 0.3) is 5.56 Å². The van der Waals surface area contributed by atoms with Crippen molar-refractivity contribution in [1.29, 1.82) is 0 Å². The van der Waals surface area contributed by atoms with E-state index in [1.54, 1.807) is 0 Å². The topological polar surface area (TPSA) is 109 Å². The SMILES string of the molecule is CCOC(=O)O/N=C(\N)c1ncc(C(F)(F)F)cc1-n1cc(C(F)(F)F)cc(Cl)c1=O. The van der Waals surface area contributed by atoms with Crippen LogP contribution >= 0.6 is 11.6 Å². The van der Waals surface area contributed by atoms with Crippen molar-refractivity contribution in [3.8, 4) is 5.69 Å². The van der Waals surface area contributed by atoms with Crippen LogP contribution < -0.4 is 11.3 Å². The molecule has 8 nitrogen and oxygen atoms in total. The second-order valence-electron chi connectivity index (χ2n) is 5.59. The number of hydrogen-bond donors (Lipinski definition) is 1. The Hall–Kier alpha value is -3.29. The normalized spacial score (nSPS) is 12.6. The molecule has 2 aromatic rings. The lowest BCUT2D eigenvalue weighted by Crippen LogP contribution is -2.27. The first-order valence-electron chi connectivity index (χ1n) is 8.00. The molecule has 15 heteroatoms. The Bertz CT molecular complexity index is 1080. The van der Waals surface area contributed by atoms with Crippen LogP contribution in [-0.2, 0) is 21.9 Å². The number of oxime groups is 1. The molecule has 0 saturated heterocycles. The van der Waals surface area contributed by atoms with Crippen LogP contribution in [0.1, 0.15) is 23.7 Å². The Balaban J connectivity index is 2.76. The van der Waals surface area contributed by atoms with Crippen LogP contribution in [0.5, 0.6) is 0 Å². The van der Waals surface area contributed by atoms with E-state index in [9.17, 15) is 35.9 Å². The minimum Gasteiger partial charge on any atom is -0.433 e. The van der Waals surface area contributed by atoms with Gasteiger partial charge in [-0.05, 0) is 19.1 Å². The number of nitrogens with zero attached hydrogens (tertiary/aromatic N) is 3. The average molecular weight is 473 g/mol. The number of aromatic nitrogens is 2. The lowest BCUT2D eigenvalue weighted by Gasteiger charge is -2.16. The van der Waals surface area contributed by atoms with Crippen molar-refractivity contribution in [1.82, 2.24) is 9.55 Å². The summed E-state index contributed by atoms with van der Waals surface area (Å²) in [6, 6.07) is 0.620. The summed E-state index contributed by atoms with van der Waals surface area (Å²) in [6.07, 6.45) is -10.8. The van der Waals surface area contributed by atoms with Crippen LogP contribution in [-0.4, -0.2) is 28.1 Å². The lowest BCUT2D eigenvalue weighted by atomic mass is 10.2. The molecule has 168 valence electrons. The summed E-state index contributed by atoms with van der Waals surface area (Å²) in [5.41, 5.74) is -0.132. The van der Waals surface area contributed by atoms with Gasteiger partial charge in [-0.1, -0.05) is 16.8 Å². The molecular weight excluding hydrogens is 462 g/mol. The maximum absolute atomic E-state index is 13.1. The quantitative estimate of drug-likeness (QED) is 0.181. The van der Waals surface area contributed by atoms with Crippen molar-refractivity contribution in [3.63, 3.8) is 0 Å². The summed E-state index contributed by atoms with van der Waals surface area (Å²) in [5, 5.41) is 2.19. The van der Waals surface area contributed by atoms with E-state index >= 15 is 0 Å². The number of alkyl halides is 6. The zero-order chi connectivity index (χ0) is 23.6. The standard InChI is InChI=1S/C16H11ClF6N4O4/c1-2-30-14(29)31-26-12(24)11-10(4-7(5-25-11)15(18,19)20)27-6-8(16(21,22)23)3-9(17)13(27)28/h3-6H,2H2,1H3,(H2,24,26). The fraction of sp³-hybridized carbons (Fsp3) is 0.250. The molecule has 2 rings (SSSR count). The molecule has 0 fully saturated rings. The second kappa shape index (κ2) is 8.83. The fourth-order valence-electron chi connectivity index (χ4n) is 2.15. The van der Waals surface area contributed by atoms with Crippen LogP contribution in [0.25, 0.3) is 5.69 Å². The number of rotatable bonds is 4. The van der Waals surface area contributed by atoms with Crippen molar-refractivity contribution in [3.05, 3.63) is 56.7 Å². The molecule has 0 unspecified atom stereocenters. The first kappa shape index (κ1) is 24.0. The third-order valence-electron chi connectivity index (χ3n) is 3.48. The van der Waals surface area contributed by atoms with E-state index in [1.165, 1.54) is 6.92 Å². The molecule has 2 aromatic heterocycles. The van der Waals surface area contributed by atoms with Gasteiger partial charge in [0.15, 0.2) is 5.84 Å². The summed E-state index contributed by atoms with van der Waals surface area (Å²) in [6.45, 7) is 1.34. The van der Waals surface area contributed by atoms with Crippen LogP contribution in [0.2, 0.25) is 5.02 Å². The van der Waals surface area contributed by atoms with Crippen LogP contribution in [0.4, 0.5) is 31.1 Å². The fourth-order valence-corrected chi connectivity index (χ4v) is 2.35. The van der Waals surface area contributed by atoms with Gasteiger partial charge in [-0.15, -0.1) is 0 Å². The van der Waals surface area contributed by atoms with Gasteiger partial charge in [-0.2, -0.15) is 26.3 Å². The van der Waals surface area contributed by atoms with Crippen molar-refractivity contribution in [2.24, 2.45) is 10.9 Å². The minimum absolute atomic E-state index is 0.101. The van der Waals surface area contributed by atoms with Gasteiger partial charge < -0.3 is 10.5 Å². The first-order valence-corrected chi connectivity index (χ1v) is 8.38. The number of carbonyl (C=O) groups excluding carboxylic acids is 1. The summed E-state index contributed by atoms with van der Waals surface area (Å²) in [5.74, 6) is -0.836. The smallest absolute Gasteiger partial charge is 0.433 e. The molecule has 0 aliphatic heterocycles. The molecule has 0 aliphatic carbocycles. The highest BCUT2D eigenvalue weighted by Crippen LogP contribution is 2.33. The van der Waals surface area contributed by atoms with E-state index in [2.05, 4.69) is 19.7 Å². The Morgan fingerprint density at radius 1 is 1.19 bits per heavy atom. The predicted molar refractivity (Wildman–Crippen MR) is 93.7 cm³/mol. The maximum atomic E-state index is 13.1. The Labute approximate surface area is 173 Å². The number of ether oxygens (including phenoxy) is 1. The molecule has 0 aliphatic rings. The van der Waals surface area contributed by atoms with Gasteiger partial charge in [0.1, 0.15) is 10.7 Å². The highest BCUT2D eigenvalue weighted by Gasteiger charge is 2.35. The number of halogens is 7. The second-order valence-corrected chi connectivity index (χ2v) is 6.00. The van der Waals surface area contributed by atoms with Crippen LogP contribution in [0.3, 0.4) is 0 Å². The molecule has 0 atom stereocenters. The van der Waals surface area contributed by atoms with E-state index in [0.717, 1.165) is 0 Å². The predicted octanol–water partition coefficient (Wildman–Crippen LogP) is 3.72. The molecule has 0 saturated carbocycles. The highest BCUT2D eigenvalue weighted by atomic mass is 35.5. The van der Waals surface area contributed by atoms with Crippen molar-refractivity contribution >= 4 is 23.6 Å². The summed E-state index contributed by atoms with van der Waals surface area (Å²) in [7, 11) is 0. The van der Waals surface area contributed by atoms with Gasteiger partial charge in [-0.3, -0.25) is 19.2 Å². The van der Waals surface area contributed by atoms with Crippen LogP contribution in [0.15, 0.2) is 34.5 Å². The number of amidine groups is 1. The van der Waals surface area contributed by atoms with Crippen molar-refractivity contribution in [2.45, 2.75) is 19.3 Å². The third kappa shape index (κ3) is 5.65. The Morgan fingerprint density at radius 3 is 2.35 bits per heavy atom. The molecule has 31 heavy (non-hydrogen) atoms. The molecule has 2 heterocycles. The summed E-state index contributed by atoms with van der Waals surface area (Å²) < 4.78 is 83.3. The van der Waals surface area contributed by atoms with E-state index in [1.807, 2.05) is 0 Å². The molecular formula is C16H11ClF6N4O4. The Kier molecular flexibility index (Phi) is 6.83. The van der Waals surface area contributed by atoms with Crippen molar-refractivity contribution in [2.75, 3.05) is 6.61 Å². The molecule has 2 N–H and O–H groups in total. The van der Waals surface area contributed by atoms with Crippen LogP contribution in [0, 0.1) is 0 Å².